The fourth-order valence-electron chi connectivity index (χ4n) is 2.00. The summed E-state index contributed by atoms with van der Waals surface area (Å²) in [7, 11) is 0. The van der Waals surface area contributed by atoms with Crippen molar-refractivity contribution in [2.75, 3.05) is 5.32 Å². The van der Waals surface area contributed by atoms with Crippen LogP contribution in [0.4, 0.5) is 5.69 Å². The highest BCUT2D eigenvalue weighted by atomic mass is 35.5. The van der Waals surface area contributed by atoms with Gasteiger partial charge < -0.3 is 10.1 Å². The number of ether oxygens (including phenoxy) is 1. The first-order valence-electron chi connectivity index (χ1n) is 7.22. The molecule has 0 saturated heterocycles. The highest BCUT2D eigenvalue weighted by molar-refractivity contribution is 6.31. The van der Waals surface area contributed by atoms with E-state index in [9.17, 15) is 9.59 Å². The third-order valence-corrected chi connectivity index (χ3v) is 3.88. The van der Waals surface area contributed by atoms with E-state index in [-0.39, 0.29) is 11.7 Å². The minimum atomic E-state index is -0.684. The van der Waals surface area contributed by atoms with Crippen molar-refractivity contribution in [2.45, 2.75) is 26.9 Å². The summed E-state index contributed by atoms with van der Waals surface area (Å²) in [5, 5.41) is 3.39. The van der Waals surface area contributed by atoms with Gasteiger partial charge in [0.1, 0.15) is 5.75 Å². The van der Waals surface area contributed by atoms with Gasteiger partial charge in [0, 0.05) is 16.3 Å². The number of amides is 1. The van der Waals surface area contributed by atoms with Gasteiger partial charge in [0.05, 0.1) is 0 Å². The van der Waals surface area contributed by atoms with Gasteiger partial charge in [-0.1, -0.05) is 17.7 Å². The Morgan fingerprint density at radius 1 is 1.13 bits per heavy atom. The van der Waals surface area contributed by atoms with E-state index in [2.05, 4.69) is 5.32 Å². The Balaban J connectivity index is 2.02. The van der Waals surface area contributed by atoms with Gasteiger partial charge in [-0.2, -0.15) is 0 Å². The molecule has 0 spiro atoms. The zero-order valence-corrected chi connectivity index (χ0v) is 14.0. The quantitative estimate of drug-likeness (QED) is 0.833. The van der Waals surface area contributed by atoms with Gasteiger partial charge in [-0.25, -0.2) is 0 Å². The SMILES string of the molecule is CC(=O)c1ccc(OC(C)C(=O)Nc2cccc(Cl)c2C)cc1. The normalized spacial score (nSPS) is 11.7. The largest absolute Gasteiger partial charge is 0.481 e. The summed E-state index contributed by atoms with van der Waals surface area (Å²) >= 11 is 6.04. The van der Waals surface area contributed by atoms with E-state index in [4.69, 9.17) is 16.3 Å². The van der Waals surface area contributed by atoms with Crippen molar-refractivity contribution in [1.82, 2.24) is 0 Å². The van der Waals surface area contributed by atoms with Crippen LogP contribution in [-0.4, -0.2) is 17.8 Å². The molecule has 1 N–H and O–H groups in total. The Morgan fingerprint density at radius 2 is 1.78 bits per heavy atom. The number of Topliss-reactive ketones (excluding diaryl/α,β-unsaturated/α-hetero) is 1. The van der Waals surface area contributed by atoms with Crippen molar-refractivity contribution in [1.29, 1.82) is 0 Å². The van der Waals surface area contributed by atoms with Crippen LogP contribution >= 0.6 is 11.6 Å². The molecule has 23 heavy (non-hydrogen) atoms. The Hall–Kier alpha value is -2.33. The van der Waals surface area contributed by atoms with Crippen molar-refractivity contribution in [2.24, 2.45) is 0 Å². The number of hydrogen-bond donors (Lipinski definition) is 1. The van der Waals surface area contributed by atoms with Crippen LogP contribution in [0.15, 0.2) is 42.5 Å². The molecule has 5 heteroatoms. The van der Waals surface area contributed by atoms with Crippen LogP contribution < -0.4 is 10.1 Å². The smallest absolute Gasteiger partial charge is 0.265 e. The van der Waals surface area contributed by atoms with Crippen LogP contribution in [-0.2, 0) is 4.79 Å². The van der Waals surface area contributed by atoms with Crippen LogP contribution in [0.25, 0.3) is 0 Å². The molecule has 0 aliphatic rings. The molecule has 0 bridgehead atoms. The second-order valence-electron chi connectivity index (χ2n) is 5.24. The van der Waals surface area contributed by atoms with Crippen molar-refractivity contribution < 1.29 is 14.3 Å². The van der Waals surface area contributed by atoms with Gasteiger partial charge in [0.25, 0.3) is 5.91 Å². The number of anilines is 1. The van der Waals surface area contributed by atoms with Crippen LogP contribution in [0, 0.1) is 6.92 Å². The molecule has 2 aromatic carbocycles. The summed E-state index contributed by atoms with van der Waals surface area (Å²) in [4.78, 5) is 23.5. The van der Waals surface area contributed by atoms with Crippen molar-refractivity contribution >= 4 is 29.0 Å². The fraction of sp³-hybridized carbons (Fsp3) is 0.222. The molecule has 4 nitrogen and oxygen atoms in total. The maximum atomic E-state index is 12.2. The number of benzene rings is 2. The zero-order valence-electron chi connectivity index (χ0n) is 13.2. The molecule has 2 rings (SSSR count). The molecule has 1 atom stereocenters. The number of hydrogen-bond acceptors (Lipinski definition) is 3. The second-order valence-corrected chi connectivity index (χ2v) is 5.65. The van der Waals surface area contributed by atoms with Crippen molar-refractivity contribution in [3.05, 3.63) is 58.6 Å². The first-order chi connectivity index (χ1) is 10.9. The van der Waals surface area contributed by atoms with E-state index in [0.717, 1.165) is 5.56 Å². The predicted molar refractivity (Wildman–Crippen MR) is 91.4 cm³/mol. The third-order valence-electron chi connectivity index (χ3n) is 3.47. The zero-order chi connectivity index (χ0) is 17.0. The molecular weight excluding hydrogens is 314 g/mol. The molecule has 1 amide bonds. The molecule has 0 aliphatic heterocycles. The Kier molecular flexibility index (Phi) is 5.40. The van der Waals surface area contributed by atoms with Crippen molar-refractivity contribution in [3.8, 4) is 5.75 Å². The summed E-state index contributed by atoms with van der Waals surface area (Å²) in [6, 6.07) is 12.0. The molecule has 0 aromatic heterocycles. The standard InChI is InChI=1S/C18H18ClNO3/c1-11-16(19)5-4-6-17(11)20-18(22)13(3)23-15-9-7-14(8-10-15)12(2)21/h4-10,13H,1-3H3,(H,20,22). The number of ketones is 1. The highest BCUT2D eigenvalue weighted by Crippen LogP contribution is 2.23. The van der Waals surface area contributed by atoms with Crippen molar-refractivity contribution in [3.63, 3.8) is 0 Å². The monoisotopic (exact) mass is 331 g/mol. The van der Waals surface area contributed by atoms with E-state index in [1.807, 2.05) is 6.92 Å². The molecule has 0 heterocycles. The van der Waals surface area contributed by atoms with Gasteiger partial charge in [-0.15, -0.1) is 0 Å². The van der Waals surface area contributed by atoms with Gasteiger partial charge in [0.2, 0.25) is 0 Å². The summed E-state index contributed by atoms with van der Waals surface area (Å²) < 4.78 is 5.60. The lowest BCUT2D eigenvalue weighted by atomic mass is 10.1. The Morgan fingerprint density at radius 3 is 2.39 bits per heavy atom. The predicted octanol–water partition coefficient (Wildman–Crippen LogP) is 4.26. The third kappa shape index (κ3) is 4.33. The lowest BCUT2D eigenvalue weighted by Crippen LogP contribution is -2.30. The minimum Gasteiger partial charge on any atom is -0.481 e. The first-order valence-corrected chi connectivity index (χ1v) is 7.60. The van der Waals surface area contributed by atoms with E-state index in [1.54, 1.807) is 49.4 Å². The number of rotatable bonds is 5. The average molecular weight is 332 g/mol. The van der Waals surface area contributed by atoms with E-state index in [0.29, 0.717) is 22.0 Å². The average Bonchev–Trinajstić information content (AvgIpc) is 2.52. The number of nitrogens with one attached hydrogen (secondary N) is 1. The van der Waals surface area contributed by atoms with Gasteiger partial charge in [-0.3, -0.25) is 9.59 Å². The molecule has 0 aliphatic carbocycles. The van der Waals surface area contributed by atoms with E-state index >= 15 is 0 Å². The Labute approximate surface area is 140 Å². The topological polar surface area (TPSA) is 55.4 Å². The molecule has 0 fully saturated rings. The van der Waals surface area contributed by atoms with Crippen LogP contribution in [0.2, 0.25) is 5.02 Å². The Bertz CT molecular complexity index is 726. The summed E-state index contributed by atoms with van der Waals surface area (Å²) in [6.45, 7) is 5.00. The molecule has 0 radical (unpaired) electrons. The van der Waals surface area contributed by atoms with Crippen LogP contribution in [0.1, 0.15) is 29.8 Å². The number of carbonyl (C=O) groups excluding carboxylic acids is 2. The minimum absolute atomic E-state index is 0.0150. The second kappa shape index (κ2) is 7.29. The summed E-state index contributed by atoms with van der Waals surface area (Å²) in [5.41, 5.74) is 2.06. The summed E-state index contributed by atoms with van der Waals surface area (Å²) in [5.74, 6) is 0.241. The van der Waals surface area contributed by atoms with E-state index < -0.39 is 6.10 Å². The molecular formula is C18H18ClNO3. The van der Waals surface area contributed by atoms with Gasteiger partial charge in [-0.05, 0) is 62.7 Å². The molecule has 1 unspecified atom stereocenters. The number of halogens is 1. The molecule has 120 valence electrons. The molecule has 0 saturated carbocycles. The lowest BCUT2D eigenvalue weighted by Gasteiger charge is -2.16. The fourth-order valence-corrected chi connectivity index (χ4v) is 2.18. The van der Waals surface area contributed by atoms with E-state index in [1.165, 1.54) is 6.92 Å². The van der Waals surface area contributed by atoms with Gasteiger partial charge >= 0.3 is 0 Å². The van der Waals surface area contributed by atoms with Crippen LogP contribution in [0.3, 0.4) is 0 Å². The highest BCUT2D eigenvalue weighted by Gasteiger charge is 2.16. The van der Waals surface area contributed by atoms with Crippen LogP contribution in [0.5, 0.6) is 5.75 Å². The summed E-state index contributed by atoms with van der Waals surface area (Å²) in [6.07, 6.45) is -0.684. The maximum absolute atomic E-state index is 12.2. The lowest BCUT2D eigenvalue weighted by molar-refractivity contribution is -0.122. The maximum Gasteiger partial charge on any atom is 0.265 e. The van der Waals surface area contributed by atoms with Gasteiger partial charge in [0.15, 0.2) is 11.9 Å². The first kappa shape index (κ1) is 17.0. The number of carbonyl (C=O) groups is 2. The molecule has 2 aromatic rings.